The summed E-state index contributed by atoms with van der Waals surface area (Å²) in [5.41, 5.74) is 4.19. The molecule has 0 spiro atoms. The largest absolute Gasteiger partial charge is 0.489 e. The summed E-state index contributed by atoms with van der Waals surface area (Å²) < 4.78 is 5.86. The number of carbonyl (C=O) groups is 1. The van der Waals surface area contributed by atoms with Crippen LogP contribution in [0, 0.1) is 0 Å². The molecule has 0 bridgehead atoms. The van der Waals surface area contributed by atoms with Crippen LogP contribution in [0.25, 0.3) is 11.4 Å². The molecule has 1 aliphatic heterocycles. The van der Waals surface area contributed by atoms with Crippen molar-refractivity contribution in [2.45, 2.75) is 45.4 Å². The molecule has 2 aromatic carbocycles. The van der Waals surface area contributed by atoms with E-state index < -0.39 is 5.97 Å². The fourth-order valence-electron chi connectivity index (χ4n) is 3.82. The second-order valence-electron chi connectivity index (χ2n) is 8.11. The second kappa shape index (κ2) is 10.1. The average molecular weight is 452 g/mol. The molecule has 2 heterocycles. The van der Waals surface area contributed by atoms with Gasteiger partial charge in [0.15, 0.2) is 5.82 Å². The van der Waals surface area contributed by atoms with E-state index in [0.717, 1.165) is 47.6 Å². The molecule has 6 nitrogen and oxygen atoms in total. The van der Waals surface area contributed by atoms with Gasteiger partial charge in [-0.2, -0.15) is 0 Å². The van der Waals surface area contributed by atoms with E-state index in [4.69, 9.17) is 26.4 Å². The number of ether oxygens (including phenoxy) is 1. The Hall–Kier alpha value is -2.96. The number of rotatable bonds is 8. The Bertz CT molecular complexity index is 1070. The molecule has 0 aliphatic carbocycles. The minimum absolute atomic E-state index is 0.194. The Morgan fingerprint density at radius 2 is 1.94 bits per heavy atom. The number of fused-ring (bicyclic) bond motifs is 1. The molecule has 0 radical (unpaired) electrons. The highest BCUT2D eigenvalue weighted by Gasteiger charge is 2.23. The number of hydrogen-bond acceptors (Lipinski definition) is 5. The maximum Gasteiger partial charge on any atom is 0.303 e. The quantitative estimate of drug-likeness (QED) is 0.520. The van der Waals surface area contributed by atoms with E-state index >= 15 is 0 Å². The van der Waals surface area contributed by atoms with Crippen molar-refractivity contribution in [2.24, 2.45) is 0 Å². The lowest BCUT2D eigenvalue weighted by Crippen LogP contribution is -2.38. The normalized spacial score (nSPS) is 14.6. The molecule has 0 amide bonds. The summed E-state index contributed by atoms with van der Waals surface area (Å²) in [7, 11) is 0. The van der Waals surface area contributed by atoms with Gasteiger partial charge in [-0.1, -0.05) is 23.7 Å². The number of aliphatic carboxylic acids is 1. The molecule has 7 heteroatoms. The number of carboxylic acids is 1. The molecule has 1 aromatic heterocycles. The Morgan fingerprint density at radius 1 is 1.19 bits per heavy atom. The van der Waals surface area contributed by atoms with E-state index in [1.54, 1.807) is 0 Å². The molecule has 1 aliphatic rings. The number of nitrogens with zero attached hydrogens (tertiary/aromatic N) is 3. The van der Waals surface area contributed by atoms with Crippen molar-refractivity contribution in [1.29, 1.82) is 0 Å². The van der Waals surface area contributed by atoms with Crippen molar-refractivity contribution in [3.05, 3.63) is 76.6 Å². The predicted molar refractivity (Wildman–Crippen MR) is 124 cm³/mol. The number of hydrogen-bond donors (Lipinski definition) is 1. The molecular formula is C25H26ClN3O3. The first-order valence-electron chi connectivity index (χ1n) is 10.8. The Morgan fingerprint density at radius 3 is 2.66 bits per heavy atom. The van der Waals surface area contributed by atoms with Crippen LogP contribution >= 0.6 is 11.6 Å². The summed E-state index contributed by atoms with van der Waals surface area (Å²) in [5, 5.41) is 9.63. The van der Waals surface area contributed by atoms with Gasteiger partial charge in [-0.25, -0.2) is 9.97 Å². The minimum atomic E-state index is -0.747. The van der Waals surface area contributed by atoms with Gasteiger partial charge in [-0.05, 0) is 55.3 Å². The molecule has 4 rings (SSSR count). The molecule has 0 saturated carbocycles. The highest BCUT2D eigenvalue weighted by molar-refractivity contribution is 6.30. The van der Waals surface area contributed by atoms with Crippen molar-refractivity contribution in [3.8, 4) is 17.1 Å². The number of halogens is 1. The van der Waals surface area contributed by atoms with Crippen molar-refractivity contribution in [2.75, 3.05) is 6.54 Å². The lowest BCUT2D eigenvalue weighted by molar-refractivity contribution is -0.137. The smallest absolute Gasteiger partial charge is 0.303 e. The molecule has 0 saturated heterocycles. The van der Waals surface area contributed by atoms with Gasteiger partial charge in [-0.3, -0.25) is 9.69 Å². The van der Waals surface area contributed by atoms with Gasteiger partial charge in [0.2, 0.25) is 0 Å². The van der Waals surface area contributed by atoms with Gasteiger partial charge in [-0.15, -0.1) is 0 Å². The van der Waals surface area contributed by atoms with Crippen LogP contribution in [-0.4, -0.2) is 38.5 Å². The van der Waals surface area contributed by atoms with Crippen molar-refractivity contribution in [3.63, 3.8) is 0 Å². The Labute approximate surface area is 192 Å². The minimum Gasteiger partial charge on any atom is -0.489 e. The molecule has 32 heavy (non-hydrogen) atoms. The summed E-state index contributed by atoms with van der Waals surface area (Å²) in [6.07, 6.45) is 3.58. The summed E-state index contributed by atoms with van der Waals surface area (Å²) in [6.45, 7) is 4.20. The van der Waals surface area contributed by atoms with Crippen molar-refractivity contribution in [1.82, 2.24) is 14.9 Å². The second-order valence-corrected chi connectivity index (χ2v) is 8.54. The van der Waals surface area contributed by atoms with Crippen LogP contribution < -0.4 is 4.74 Å². The third-order valence-corrected chi connectivity index (χ3v) is 6.05. The fourth-order valence-corrected chi connectivity index (χ4v) is 3.94. The van der Waals surface area contributed by atoms with E-state index in [9.17, 15) is 4.79 Å². The van der Waals surface area contributed by atoms with Crippen LogP contribution in [0.4, 0.5) is 0 Å². The zero-order valence-electron chi connectivity index (χ0n) is 18.0. The molecule has 0 fully saturated rings. The molecule has 166 valence electrons. The highest BCUT2D eigenvalue weighted by atomic mass is 35.5. The maximum absolute atomic E-state index is 10.8. The predicted octanol–water partition coefficient (Wildman–Crippen LogP) is 4.99. The standard InChI is InChI=1S/C25H26ClN3O3/c1-17(2-11-24(30)31)29-13-12-23-20(15-29)14-27-25(28-23)19-5-9-22(10-6-19)32-16-18-3-7-21(26)8-4-18/h3-10,14,17H,2,11-13,15-16H2,1H3,(H,30,31). The third kappa shape index (κ3) is 5.64. The first-order valence-corrected chi connectivity index (χ1v) is 11.1. The molecule has 1 N–H and O–H groups in total. The highest BCUT2D eigenvalue weighted by Crippen LogP contribution is 2.25. The molecular weight excluding hydrogens is 426 g/mol. The van der Waals surface area contributed by atoms with Crippen LogP contribution in [0.1, 0.15) is 36.6 Å². The van der Waals surface area contributed by atoms with E-state index in [1.807, 2.05) is 54.7 Å². The SMILES string of the molecule is CC(CCC(=O)O)N1CCc2nc(-c3ccc(OCc4ccc(Cl)cc4)cc3)ncc2C1. The summed E-state index contributed by atoms with van der Waals surface area (Å²) >= 11 is 5.92. The van der Waals surface area contributed by atoms with E-state index in [1.165, 1.54) is 0 Å². The van der Waals surface area contributed by atoms with Gasteiger partial charge in [0.05, 0.1) is 5.69 Å². The van der Waals surface area contributed by atoms with Crippen LogP contribution in [-0.2, 0) is 24.4 Å². The topological polar surface area (TPSA) is 75.5 Å². The molecule has 3 aromatic rings. The van der Waals surface area contributed by atoms with Gasteiger partial charge >= 0.3 is 5.97 Å². The van der Waals surface area contributed by atoms with E-state index in [2.05, 4.69) is 16.8 Å². The summed E-state index contributed by atoms with van der Waals surface area (Å²) in [5.74, 6) is 0.747. The van der Waals surface area contributed by atoms with E-state index in [0.29, 0.717) is 23.9 Å². The number of benzene rings is 2. The zero-order chi connectivity index (χ0) is 22.5. The summed E-state index contributed by atoms with van der Waals surface area (Å²) in [4.78, 5) is 22.5. The maximum atomic E-state index is 10.8. The van der Waals surface area contributed by atoms with Crippen LogP contribution in [0.5, 0.6) is 5.75 Å². The third-order valence-electron chi connectivity index (χ3n) is 5.79. The first-order chi connectivity index (χ1) is 15.5. The first kappa shape index (κ1) is 22.2. The Kier molecular flexibility index (Phi) is 7.02. The number of carboxylic acid groups (broad SMARTS) is 1. The molecule has 1 atom stereocenters. The fraction of sp³-hybridized carbons (Fsp3) is 0.320. The van der Waals surface area contributed by atoms with Crippen LogP contribution in [0.3, 0.4) is 0 Å². The zero-order valence-corrected chi connectivity index (χ0v) is 18.8. The average Bonchev–Trinajstić information content (AvgIpc) is 2.82. The van der Waals surface area contributed by atoms with Crippen molar-refractivity contribution < 1.29 is 14.6 Å². The van der Waals surface area contributed by atoms with Gasteiger partial charge in [0, 0.05) is 54.3 Å². The number of aromatic nitrogens is 2. The van der Waals surface area contributed by atoms with Crippen LogP contribution in [0.15, 0.2) is 54.7 Å². The van der Waals surface area contributed by atoms with Crippen molar-refractivity contribution >= 4 is 17.6 Å². The lowest BCUT2D eigenvalue weighted by Gasteiger charge is -2.33. The van der Waals surface area contributed by atoms with Gasteiger partial charge < -0.3 is 9.84 Å². The Balaban J connectivity index is 1.37. The lowest BCUT2D eigenvalue weighted by atomic mass is 10.0. The summed E-state index contributed by atoms with van der Waals surface area (Å²) in [6, 6.07) is 15.6. The van der Waals surface area contributed by atoms with Gasteiger partial charge in [0.1, 0.15) is 12.4 Å². The van der Waals surface area contributed by atoms with E-state index in [-0.39, 0.29) is 12.5 Å². The monoisotopic (exact) mass is 451 g/mol. The molecule has 1 unspecified atom stereocenters. The van der Waals surface area contributed by atoms with Crippen LogP contribution in [0.2, 0.25) is 5.02 Å². The van der Waals surface area contributed by atoms with Gasteiger partial charge in [0.25, 0.3) is 0 Å².